The molecule has 0 atom stereocenters. The summed E-state index contributed by atoms with van der Waals surface area (Å²) in [5.41, 5.74) is 1.44. The van der Waals surface area contributed by atoms with Crippen molar-refractivity contribution >= 4 is 28.4 Å². The van der Waals surface area contributed by atoms with Gasteiger partial charge >= 0.3 is 0 Å². The quantitative estimate of drug-likeness (QED) is 0.768. The highest BCUT2D eigenvalue weighted by molar-refractivity contribution is 5.95. The van der Waals surface area contributed by atoms with Crippen molar-refractivity contribution in [1.82, 2.24) is 14.5 Å². The fourth-order valence-electron chi connectivity index (χ4n) is 2.76. The summed E-state index contributed by atoms with van der Waals surface area (Å²) in [6.45, 7) is 1.56. The van der Waals surface area contributed by atoms with E-state index in [0.29, 0.717) is 28.0 Å². The van der Waals surface area contributed by atoms with Crippen LogP contribution in [-0.4, -0.2) is 40.4 Å². The second kappa shape index (κ2) is 7.41. The Bertz CT molecular complexity index is 1070. The summed E-state index contributed by atoms with van der Waals surface area (Å²) in [6.07, 6.45) is 0. The van der Waals surface area contributed by atoms with Gasteiger partial charge in [0.05, 0.1) is 10.9 Å². The molecule has 0 saturated heterocycles. The van der Waals surface area contributed by atoms with E-state index in [1.165, 1.54) is 9.47 Å². The van der Waals surface area contributed by atoms with E-state index in [4.69, 9.17) is 0 Å². The Morgan fingerprint density at radius 1 is 1.07 bits per heavy atom. The van der Waals surface area contributed by atoms with Gasteiger partial charge in [-0.05, 0) is 43.3 Å². The monoisotopic (exact) mass is 364 g/mol. The van der Waals surface area contributed by atoms with Crippen molar-refractivity contribution < 1.29 is 9.59 Å². The van der Waals surface area contributed by atoms with Crippen molar-refractivity contribution in [2.75, 3.05) is 19.4 Å². The van der Waals surface area contributed by atoms with Crippen LogP contribution in [0, 0.1) is 6.92 Å². The summed E-state index contributed by atoms with van der Waals surface area (Å²) >= 11 is 0. The van der Waals surface area contributed by atoms with Crippen LogP contribution in [-0.2, 0) is 11.3 Å². The molecular formula is C20H20N4O3. The number of hydrogen-bond acceptors (Lipinski definition) is 4. The SMILES string of the molecule is Cc1nc2ccccc2c(=O)n1CC(=O)Nc1ccc(C(=O)N(C)C)cc1. The number of benzene rings is 2. The molecule has 7 heteroatoms. The summed E-state index contributed by atoms with van der Waals surface area (Å²) in [4.78, 5) is 42.8. The van der Waals surface area contributed by atoms with Crippen LogP contribution < -0.4 is 10.9 Å². The van der Waals surface area contributed by atoms with Crippen LogP contribution in [0.25, 0.3) is 10.9 Å². The van der Waals surface area contributed by atoms with Gasteiger partial charge in [-0.15, -0.1) is 0 Å². The lowest BCUT2D eigenvalue weighted by Gasteiger charge is -2.12. The maximum absolute atomic E-state index is 12.6. The van der Waals surface area contributed by atoms with Gasteiger partial charge in [0.2, 0.25) is 5.91 Å². The summed E-state index contributed by atoms with van der Waals surface area (Å²) in [5, 5.41) is 3.21. The number of aromatic nitrogens is 2. The van der Waals surface area contributed by atoms with Gasteiger partial charge < -0.3 is 10.2 Å². The fourth-order valence-corrected chi connectivity index (χ4v) is 2.76. The average molecular weight is 364 g/mol. The van der Waals surface area contributed by atoms with Crippen LogP contribution >= 0.6 is 0 Å². The molecule has 3 rings (SSSR count). The highest BCUT2D eigenvalue weighted by Gasteiger charge is 2.12. The zero-order valence-corrected chi connectivity index (χ0v) is 15.4. The van der Waals surface area contributed by atoms with E-state index in [2.05, 4.69) is 10.3 Å². The molecule has 0 aliphatic carbocycles. The second-order valence-electron chi connectivity index (χ2n) is 6.39. The Balaban J connectivity index is 1.78. The molecule has 0 radical (unpaired) electrons. The van der Waals surface area contributed by atoms with E-state index >= 15 is 0 Å². The Morgan fingerprint density at radius 3 is 2.41 bits per heavy atom. The number of fused-ring (bicyclic) bond motifs is 1. The minimum atomic E-state index is -0.344. The van der Waals surface area contributed by atoms with Crippen LogP contribution in [0.1, 0.15) is 16.2 Å². The maximum Gasteiger partial charge on any atom is 0.261 e. The molecule has 0 aliphatic rings. The van der Waals surface area contributed by atoms with Gasteiger partial charge in [-0.1, -0.05) is 12.1 Å². The molecule has 27 heavy (non-hydrogen) atoms. The molecule has 7 nitrogen and oxygen atoms in total. The first-order valence-corrected chi connectivity index (χ1v) is 8.44. The third-order valence-electron chi connectivity index (χ3n) is 4.18. The first-order chi connectivity index (χ1) is 12.9. The Labute approximate surface area is 156 Å². The lowest BCUT2D eigenvalue weighted by Crippen LogP contribution is -2.30. The van der Waals surface area contributed by atoms with E-state index < -0.39 is 0 Å². The van der Waals surface area contributed by atoms with E-state index in [-0.39, 0.29) is 23.9 Å². The number of rotatable bonds is 4. The van der Waals surface area contributed by atoms with E-state index in [1.54, 1.807) is 63.5 Å². The first kappa shape index (κ1) is 18.3. The molecule has 1 aromatic heterocycles. The normalized spacial score (nSPS) is 10.6. The molecular weight excluding hydrogens is 344 g/mol. The number of anilines is 1. The number of carbonyl (C=O) groups excluding carboxylic acids is 2. The number of para-hydroxylation sites is 1. The molecule has 0 spiro atoms. The molecule has 0 unspecified atom stereocenters. The van der Waals surface area contributed by atoms with Crippen LogP contribution in [0.15, 0.2) is 53.3 Å². The lowest BCUT2D eigenvalue weighted by atomic mass is 10.2. The zero-order valence-electron chi connectivity index (χ0n) is 15.4. The van der Waals surface area contributed by atoms with Gasteiger partial charge in [0, 0.05) is 25.3 Å². The minimum Gasteiger partial charge on any atom is -0.345 e. The number of carbonyl (C=O) groups is 2. The molecule has 3 aromatic rings. The molecule has 2 aromatic carbocycles. The molecule has 1 heterocycles. The number of aryl methyl sites for hydroxylation is 1. The van der Waals surface area contributed by atoms with Crippen molar-refractivity contribution in [3.8, 4) is 0 Å². The van der Waals surface area contributed by atoms with Crippen molar-refractivity contribution in [3.05, 3.63) is 70.3 Å². The van der Waals surface area contributed by atoms with Crippen LogP contribution in [0.2, 0.25) is 0 Å². The predicted molar refractivity (Wildman–Crippen MR) is 104 cm³/mol. The Hall–Kier alpha value is -3.48. The molecule has 0 fully saturated rings. The van der Waals surface area contributed by atoms with Crippen LogP contribution in [0.5, 0.6) is 0 Å². The highest BCUT2D eigenvalue weighted by atomic mass is 16.2. The minimum absolute atomic E-state index is 0.114. The smallest absolute Gasteiger partial charge is 0.261 e. The van der Waals surface area contributed by atoms with Crippen molar-refractivity contribution in [2.24, 2.45) is 0 Å². The van der Waals surface area contributed by atoms with Crippen LogP contribution in [0.4, 0.5) is 5.69 Å². The topological polar surface area (TPSA) is 84.3 Å². The van der Waals surface area contributed by atoms with Crippen molar-refractivity contribution in [3.63, 3.8) is 0 Å². The van der Waals surface area contributed by atoms with Gasteiger partial charge in [0.15, 0.2) is 0 Å². The Kier molecular flexibility index (Phi) is 5.03. The summed E-state index contributed by atoms with van der Waals surface area (Å²) in [7, 11) is 3.35. The molecule has 0 saturated carbocycles. The molecule has 0 aliphatic heterocycles. The second-order valence-corrected chi connectivity index (χ2v) is 6.39. The standard InChI is InChI=1S/C20H20N4O3/c1-13-21-17-7-5-4-6-16(17)20(27)24(13)12-18(25)22-15-10-8-14(9-11-15)19(26)23(2)3/h4-11H,12H2,1-3H3,(H,22,25). The van der Waals surface area contributed by atoms with Crippen LogP contribution in [0.3, 0.4) is 0 Å². The average Bonchev–Trinajstić information content (AvgIpc) is 2.65. The van der Waals surface area contributed by atoms with Crippen molar-refractivity contribution in [1.29, 1.82) is 0 Å². The Morgan fingerprint density at radius 2 is 1.74 bits per heavy atom. The maximum atomic E-state index is 12.6. The first-order valence-electron chi connectivity index (χ1n) is 8.44. The third-order valence-corrected chi connectivity index (χ3v) is 4.18. The van der Waals surface area contributed by atoms with Gasteiger partial charge in [-0.2, -0.15) is 0 Å². The molecule has 2 amide bonds. The number of nitrogens with zero attached hydrogens (tertiary/aromatic N) is 3. The van der Waals surface area contributed by atoms with Gasteiger partial charge in [0.1, 0.15) is 12.4 Å². The fraction of sp³-hybridized carbons (Fsp3) is 0.200. The number of hydrogen-bond donors (Lipinski definition) is 1. The number of amides is 2. The molecule has 0 bridgehead atoms. The summed E-state index contributed by atoms with van der Waals surface area (Å²) in [6, 6.07) is 13.6. The van der Waals surface area contributed by atoms with E-state index in [0.717, 1.165) is 0 Å². The molecule has 138 valence electrons. The van der Waals surface area contributed by atoms with E-state index in [1.807, 2.05) is 6.07 Å². The predicted octanol–water partition coefficient (Wildman–Crippen LogP) is 2.05. The molecule has 1 N–H and O–H groups in total. The lowest BCUT2D eigenvalue weighted by molar-refractivity contribution is -0.116. The zero-order chi connectivity index (χ0) is 19.6. The highest BCUT2D eigenvalue weighted by Crippen LogP contribution is 2.12. The van der Waals surface area contributed by atoms with Gasteiger partial charge in [-0.3, -0.25) is 19.0 Å². The number of nitrogens with one attached hydrogen (secondary N) is 1. The summed E-state index contributed by atoms with van der Waals surface area (Å²) < 4.78 is 1.35. The third kappa shape index (κ3) is 3.87. The van der Waals surface area contributed by atoms with Gasteiger partial charge in [-0.25, -0.2) is 4.98 Å². The van der Waals surface area contributed by atoms with E-state index in [9.17, 15) is 14.4 Å². The largest absolute Gasteiger partial charge is 0.345 e. The van der Waals surface area contributed by atoms with Gasteiger partial charge in [0.25, 0.3) is 11.5 Å². The summed E-state index contributed by atoms with van der Waals surface area (Å²) in [5.74, 6) is 0.0158. The van der Waals surface area contributed by atoms with Crippen molar-refractivity contribution in [2.45, 2.75) is 13.5 Å².